The lowest BCUT2D eigenvalue weighted by Gasteiger charge is -2.10. The fourth-order valence-corrected chi connectivity index (χ4v) is 3.42. The van der Waals surface area contributed by atoms with Crippen molar-refractivity contribution < 1.29 is 22.7 Å². The molecule has 0 saturated carbocycles. The van der Waals surface area contributed by atoms with E-state index in [4.69, 9.17) is 10.8 Å². The molecule has 0 radical (unpaired) electrons. The van der Waals surface area contributed by atoms with Gasteiger partial charge in [0.2, 0.25) is 0 Å². The molecule has 8 heteroatoms. The summed E-state index contributed by atoms with van der Waals surface area (Å²) in [7, 11) is -3.74. The van der Waals surface area contributed by atoms with Crippen molar-refractivity contribution >= 4 is 31.7 Å². The number of rotatable bonds is 3. The summed E-state index contributed by atoms with van der Waals surface area (Å²) < 4.78 is 36.1. The van der Waals surface area contributed by atoms with Crippen LogP contribution < -0.4 is 5.73 Å². The predicted octanol–water partition coefficient (Wildman–Crippen LogP) is 1.08. The van der Waals surface area contributed by atoms with Gasteiger partial charge in [-0.3, -0.25) is 4.79 Å². The van der Waals surface area contributed by atoms with Gasteiger partial charge in [0.15, 0.2) is 9.84 Å². The van der Waals surface area contributed by atoms with Gasteiger partial charge in [-0.05, 0) is 33.6 Å². The lowest BCUT2D eigenvalue weighted by Crippen LogP contribution is -2.21. The summed E-state index contributed by atoms with van der Waals surface area (Å²) >= 11 is 2.88. The van der Waals surface area contributed by atoms with E-state index in [0.717, 1.165) is 12.3 Å². The first-order chi connectivity index (χ1) is 7.64. The molecule has 0 fully saturated rings. The van der Waals surface area contributed by atoms with Crippen molar-refractivity contribution in [2.24, 2.45) is 5.73 Å². The van der Waals surface area contributed by atoms with Gasteiger partial charge in [-0.1, -0.05) is 0 Å². The molecule has 17 heavy (non-hydrogen) atoms. The van der Waals surface area contributed by atoms with Crippen LogP contribution in [0.3, 0.4) is 0 Å². The minimum Gasteiger partial charge on any atom is -0.480 e. The first kappa shape index (κ1) is 14.1. The second kappa shape index (κ2) is 4.71. The predicted molar refractivity (Wildman–Crippen MR) is 61.8 cm³/mol. The summed E-state index contributed by atoms with van der Waals surface area (Å²) in [6, 6.07) is 0.576. The first-order valence-corrected chi connectivity index (χ1v) is 7.00. The number of nitrogens with two attached hydrogens (primary N) is 1. The molecule has 1 rings (SSSR count). The summed E-state index contributed by atoms with van der Waals surface area (Å²) in [6.07, 6.45) is 0.854. The number of benzene rings is 1. The molecule has 0 amide bonds. The molecule has 0 spiro atoms. The van der Waals surface area contributed by atoms with Crippen LogP contribution in [-0.2, 0) is 14.6 Å². The van der Waals surface area contributed by atoms with Crippen LogP contribution in [0.5, 0.6) is 0 Å². The van der Waals surface area contributed by atoms with Gasteiger partial charge in [0.25, 0.3) is 0 Å². The minimum atomic E-state index is -3.74. The zero-order chi connectivity index (χ0) is 13.4. The summed E-state index contributed by atoms with van der Waals surface area (Å²) in [4.78, 5) is 10.1. The standard InChI is InChI=1S/C9H9BrFNO4S/c1-17(15,16)8-5(10)2-4(3-6(8)11)7(12)9(13)14/h2-3,7H,12H2,1H3,(H,13,14). The van der Waals surface area contributed by atoms with Crippen LogP contribution in [0.15, 0.2) is 21.5 Å². The average Bonchev–Trinajstić information content (AvgIpc) is 2.12. The lowest BCUT2D eigenvalue weighted by molar-refractivity contribution is -0.138. The molecule has 0 aliphatic carbocycles. The highest BCUT2D eigenvalue weighted by atomic mass is 79.9. The Bertz CT molecular complexity index is 549. The monoisotopic (exact) mass is 325 g/mol. The van der Waals surface area contributed by atoms with Gasteiger partial charge in [0, 0.05) is 10.7 Å². The van der Waals surface area contributed by atoms with E-state index < -0.39 is 32.6 Å². The topological polar surface area (TPSA) is 97.5 Å². The van der Waals surface area contributed by atoms with Gasteiger partial charge < -0.3 is 10.8 Å². The normalized spacial score (nSPS) is 13.4. The highest BCUT2D eigenvalue weighted by molar-refractivity contribution is 9.10. The quantitative estimate of drug-likeness (QED) is 0.866. The molecule has 0 aliphatic heterocycles. The number of sulfone groups is 1. The molecule has 0 heterocycles. The maximum Gasteiger partial charge on any atom is 0.325 e. The number of hydrogen-bond donors (Lipinski definition) is 2. The maximum atomic E-state index is 13.6. The fourth-order valence-electron chi connectivity index (χ4n) is 1.26. The van der Waals surface area contributed by atoms with Crippen molar-refractivity contribution in [2.45, 2.75) is 10.9 Å². The van der Waals surface area contributed by atoms with E-state index in [-0.39, 0.29) is 10.0 Å². The summed E-state index contributed by atoms with van der Waals surface area (Å²) in [5.41, 5.74) is 5.28. The molecular formula is C9H9BrFNO4S. The Morgan fingerprint density at radius 1 is 1.53 bits per heavy atom. The van der Waals surface area contributed by atoms with Crippen molar-refractivity contribution in [1.82, 2.24) is 0 Å². The molecule has 0 saturated heterocycles. The molecule has 1 atom stereocenters. The van der Waals surface area contributed by atoms with Crippen LogP contribution in [0.4, 0.5) is 4.39 Å². The Balaban J connectivity index is 3.43. The SMILES string of the molecule is CS(=O)(=O)c1c(F)cc(C(N)C(=O)O)cc1Br. The van der Waals surface area contributed by atoms with Gasteiger partial charge in [-0.25, -0.2) is 12.8 Å². The Morgan fingerprint density at radius 2 is 2.06 bits per heavy atom. The van der Waals surface area contributed by atoms with Crippen molar-refractivity contribution in [3.05, 3.63) is 28.0 Å². The number of carboxylic acid groups (broad SMARTS) is 1. The molecule has 0 bridgehead atoms. The van der Waals surface area contributed by atoms with E-state index in [2.05, 4.69) is 15.9 Å². The van der Waals surface area contributed by atoms with Crippen molar-refractivity contribution in [3.8, 4) is 0 Å². The summed E-state index contributed by atoms with van der Waals surface area (Å²) in [5, 5.41) is 8.67. The number of halogens is 2. The molecule has 3 N–H and O–H groups in total. The molecule has 1 unspecified atom stereocenters. The highest BCUT2D eigenvalue weighted by Gasteiger charge is 2.22. The van der Waals surface area contributed by atoms with Gasteiger partial charge in [0.05, 0.1) is 0 Å². The third-order valence-corrected chi connectivity index (χ3v) is 4.06. The van der Waals surface area contributed by atoms with E-state index >= 15 is 0 Å². The second-order valence-corrected chi connectivity index (χ2v) is 6.21. The van der Waals surface area contributed by atoms with Crippen molar-refractivity contribution in [3.63, 3.8) is 0 Å². The van der Waals surface area contributed by atoms with Crippen LogP contribution >= 0.6 is 15.9 Å². The Labute approximate surface area is 105 Å². The zero-order valence-corrected chi connectivity index (χ0v) is 11.0. The van der Waals surface area contributed by atoms with E-state index in [1.54, 1.807) is 0 Å². The fraction of sp³-hybridized carbons (Fsp3) is 0.222. The Morgan fingerprint density at radius 3 is 2.41 bits per heavy atom. The van der Waals surface area contributed by atoms with E-state index in [1.165, 1.54) is 6.07 Å². The maximum absolute atomic E-state index is 13.6. The Kier molecular flexibility index (Phi) is 3.90. The molecule has 5 nitrogen and oxygen atoms in total. The zero-order valence-electron chi connectivity index (χ0n) is 8.65. The second-order valence-electron chi connectivity index (χ2n) is 3.40. The van der Waals surface area contributed by atoms with E-state index in [9.17, 15) is 17.6 Å². The highest BCUT2D eigenvalue weighted by Crippen LogP contribution is 2.28. The summed E-state index contributed by atoms with van der Waals surface area (Å²) in [6.45, 7) is 0. The van der Waals surface area contributed by atoms with Crippen LogP contribution in [-0.4, -0.2) is 25.7 Å². The van der Waals surface area contributed by atoms with Gasteiger partial charge in [-0.15, -0.1) is 0 Å². The lowest BCUT2D eigenvalue weighted by atomic mass is 10.1. The number of hydrogen-bond acceptors (Lipinski definition) is 4. The molecular weight excluding hydrogens is 317 g/mol. The molecule has 1 aromatic carbocycles. The molecule has 1 aromatic rings. The minimum absolute atomic E-state index is 0.0192. The first-order valence-electron chi connectivity index (χ1n) is 4.32. The van der Waals surface area contributed by atoms with Crippen molar-refractivity contribution in [2.75, 3.05) is 6.26 Å². The van der Waals surface area contributed by atoms with Crippen LogP contribution in [0.1, 0.15) is 11.6 Å². The number of carboxylic acids is 1. The Hall–Kier alpha value is -0.990. The van der Waals surface area contributed by atoms with E-state index in [0.29, 0.717) is 0 Å². The molecule has 94 valence electrons. The van der Waals surface area contributed by atoms with Gasteiger partial charge in [-0.2, -0.15) is 0 Å². The third-order valence-electron chi connectivity index (χ3n) is 2.02. The van der Waals surface area contributed by atoms with Crippen LogP contribution in [0.2, 0.25) is 0 Å². The number of aliphatic carboxylic acids is 1. The molecule has 0 aliphatic rings. The van der Waals surface area contributed by atoms with Crippen molar-refractivity contribution in [1.29, 1.82) is 0 Å². The largest absolute Gasteiger partial charge is 0.480 e. The van der Waals surface area contributed by atoms with Gasteiger partial charge >= 0.3 is 5.97 Å². The van der Waals surface area contributed by atoms with Gasteiger partial charge in [0.1, 0.15) is 16.8 Å². The van der Waals surface area contributed by atoms with Crippen LogP contribution in [0, 0.1) is 5.82 Å². The summed E-state index contributed by atoms with van der Waals surface area (Å²) in [5.74, 6) is -2.36. The number of carbonyl (C=O) groups is 1. The smallest absolute Gasteiger partial charge is 0.325 e. The van der Waals surface area contributed by atoms with E-state index in [1.807, 2.05) is 0 Å². The van der Waals surface area contributed by atoms with Crippen LogP contribution in [0.25, 0.3) is 0 Å². The average molecular weight is 326 g/mol. The molecule has 0 aromatic heterocycles. The third kappa shape index (κ3) is 3.02.